The molecule has 1 fully saturated rings. The minimum Gasteiger partial charge on any atom is -0.491 e. The summed E-state index contributed by atoms with van der Waals surface area (Å²) in [5.74, 6) is 0.997. The predicted molar refractivity (Wildman–Crippen MR) is 72.8 cm³/mol. The van der Waals surface area contributed by atoms with Gasteiger partial charge in [-0.3, -0.25) is 4.79 Å². The molecule has 2 rings (SSSR count). The lowest BCUT2D eigenvalue weighted by Crippen LogP contribution is -2.36. The minimum atomic E-state index is -0.673. The summed E-state index contributed by atoms with van der Waals surface area (Å²) >= 11 is 0. The maximum atomic E-state index is 11.7. The number of amides is 1. The van der Waals surface area contributed by atoms with Crippen LogP contribution in [-0.2, 0) is 4.79 Å². The number of para-hydroxylation sites is 1. The predicted octanol–water partition coefficient (Wildman–Crippen LogP) is 1.46. The molecule has 1 aliphatic heterocycles. The second-order valence-corrected chi connectivity index (χ2v) is 4.78. The molecule has 0 aliphatic carbocycles. The van der Waals surface area contributed by atoms with Crippen LogP contribution in [0.25, 0.3) is 0 Å². The van der Waals surface area contributed by atoms with Crippen LogP contribution in [0.3, 0.4) is 0 Å². The molecule has 2 atom stereocenters. The Hall–Kier alpha value is -1.81. The van der Waals surface area contributed by atoms with Crippen LogP contribution in [0.5, 0.6) is 5.75 Å². The average molecular weight is 261 g/mol. The quantitative estimate of drug-likeness (QED) is 0.789. The fourth-order valence-electron chi connectivity index (χ4n) is 2.15. The number of hydrogen-bond acceptors (Lipinski definition) is 3. The van der Waals surface area contributed by atoms with Crippen LogP contribution in [0.4, 0.5) is 0 Å². The number of ether oxygens (including phenoxy) is 1. The monoisotopic (exact) mass is 261 g/mol. The Morgan fingerprint density at radius 3 is 2.84 bits per heavy atom. The Labute approximate surface area is 113 Å². The van der Waals surface area contributed by atoms with Gasteiger partial charge in [0.25, 0.3) is 0 Å². The number of aliphatic hydroxyl groups excluding tert-OH is 1. The smallest absolute Gasteiger partial charge is 0.223 e. The van der Waals surface area contributed by atoms with Gasteiger partial charge in [0.15, 0.2) is 0 Å². The van der Waals surface area contributed by atoms with Crippen molar-refractivity contribution in [2.75, 3.05) is 19.7 Å². The molecule has 102 valence electrons. The minimum absolute atomic E-state index is 0.0728. The molecular weight excluding hydrogens is 242 g/mol. The molecular formula is C15H19NO3. The summed E-state index contributed by atoms with van der Waals surface area (Å²) in [6, 6.07) is 9.32. The largest absolute Gasteiger partial charge is 0.491 e. The molecule has 1 aromatic rings. The number of aliphatic hydroxyl groups is 1. The second-order valence-electron chi connectivity index (χ2n) is 4.78. The van der Waals surface area contributed by atoms with Crippen molar-refractivity contribution >= 4 is 5.91 Å². The van der Waals surface area contributed by atoms with E-state index in [2.05, 4.69) is 6.58 Å². The zero-order valence-corrected chi connectivity index (χ0v) is 10.9. The van der Waals surface area contributed by atoms with E-state index >= 15 is 0 Å². The number of hydrogen-bond donors (Lipinski definition) is 1. The van der Waals surface area contributed by atoms with Crippen molar-refractivity contribution in [3.05, 3.63) is 43.0 Å². The molecule has 1 N–H and O–H groups in total. The molecule has 1 saturated heterocycles. The maximum Gasteiger partial charge on any atom is 0.223 e. The standard InChI is InChI=1S/C15H19NO3/c1-2-12-8-15(18)16(9-12)10-13(17)11-19-14-6-4-3-5-7-14/h2-7,12-13,17H,1,8-11H2. The van der Waals surface area contributed by atoms with E-state index in [-0.39, 0.29) is 18.4 Å². The van der Waals surface area contributed by atoms with E-state index in [1.54, 1.807) is 11.0 Å². The first-order valence-electron chi connectivity index (χ1n) is 6.45. The topological polar surface area (TPSA) is 49.8 Å². The average Bonchev–Trinajstić information content (AvgIpc) is 2.78. The van der Waals surface area contributed by atoms with Gasteiger partial charge in [0.2, 0.25) is 5.91 Å². The molecule has 19 heavy (non-hydrogen) atoms. The first kappa shape index (κ1) is 13.6. The molecule has 1 heterocycles. The van der Waals surface area contributed by atoms with E-state index in [0.29, 0.717) is 19.5 Å². The van der Waals surface area contributed by atoms with Crippen LogP contribution >= 0.6 is 0 Å². The fraction of sp³-hybridized carbons (Fsp3) is 0.400. The summed E-state index contributed by atoms with van der Waals surface area (Å²) in [5.41, 5.74) is 0. The lowest BCUT2D eigenvalue weighted by atomic mass is 10.1. The van der Waals surface area contributed by atoms with Gasteiger partial charge >= 0.3 is 0 Å². The molecule has 0 aromatic heterocycles. The first-order chi connectivity index (χ1) is 9.19. The highest BCUT2D eigenvalue weighted by atomic mass is 16.5. The summed E-state index contributed by atoms with van der Waals surface area (Å²) in [6.07, 6.45) is 1.62. The van der Waals surface area contributed by atoms with E-state index in [4.69, 9.17) is 4.74 Å². The van der Waals surface area contributed by atoms with Gasteiger partial charge in [-0.15, -0.1) is 6.58 Å². The van der Waals surface area contributed by atoms with Crippen molar-refractivity contribution in [3.63, 3.8) is 0 Å². The summed E-state index contributed by atoms with van der Waals surface area (Å²) in [5, 5.41) is 9.90. The molecule has 2 unspecified atom stereocenters. The SMILES string of the molecule is C=CC1CC(=O)N(CC(O)COc2ccccc2)C1. The molecule has 1 aromatic carbocycles. The van der Waals surface area contributed by atoms with E-state index in [9.17, 15) is 9.90 Å². The molecule has 4 heteroatoms. The first-order valence-corrected chi connectivity index (χ1v) is 6.45. The van der Waals surface area contributed by atoms with Crippen LogP contribution in [0.15, 0.2) is 43.0 Å². The molecule has 0 saturated carbocycles. The van der Waals surface area contributed by atoms with Crippen molar-refractivity contribution in [3.8, 4) is 5.75 Å². The zero-order valence-electron chi connectivity index (χ0n) is 10.9. The summed E-state index contributed by atoms with van der Waals surface area (Å²) in [4.78, 5) is 13.4. The summed E-state index contributed by atoms with van der Waals surface area (Å²) in [6.45, 7) is 4.85. The Kier molecular flexibility index (Phi) is 4.58. The van der Waals surface area contributed by atoms with Gasteiger partial charge in [-0.2, -0.15) is 0 Å². The fourth-order valence-corrected chi connectivity index (χ4v) is 2.15. The summed E-state index contributed by atoms with van der Waals surface area (Å²) < 4.78 is 5.46. The third-order valence-electron chi connectivity index (χ3n) is 3.19. The number of nitrogens with zero attached hydrogens (tertiary/aromatic N) is 1. The third kappa shape index (κ3) is 3.83. The lowest BCUT2D eigenvalue weighted by Gasteiger charge is -2.20. The Morgan fingerprint density at radius 2 is 2.21 bits per heavy atom. The van der Waals surface area contributed by atoms with Crippen molar-refractivity contribution < 1.29 is 14.6 Å². The van der Waals surface area contributed by atoms with Crippen molar-refractivity contribution in [2.45, 2.75) is 12.5 Å². The maximum absolute atomic E-state index is 11.7. The van der Waals surface area contributed by atoms with Gasteiger partial charge in [0.1, 0.15) is 18.5 Å². The normalized spacial score (nSPS) is 20.4. The van der Waals surface area contributed by atoms with Gasteiger partial charge in [0.05, 0.1) is 0 Å². The Bertz CT molecular complexity index is 432. The van der Waals surface area contributed by atoms with Crippen molar-refractivity contribution in [2.24, 2.45) is 5.92 Å². The zero-order chi connectivity index (χ0) is 13.7. The number of benzene rings is 1. The second kappa shape index (κ2) is 6.38. The molecule has 1 aliphatic rings. The highest BCUT2D eigenvalue weighted by Gasteiger charge is 2.28. The highest BCUT2D eigenvalue weighted by Crippen LogP contribution is 2.18. The number of rotatable bonds is 6. The van der Waals surface area contributed by atoms with Gasteiger partial charge in [-0.1, -0.05) is 24.3 Å². The van der Waals surface area contributed by atoms with Gasteiger partial charge in [0, 0.05) is 25.4 Å². The number of likely N-dealkylation sites (tertiary alicyclic amines) is 1. The van der Waals surface area contributed by atoms with Crippen LogP contribution in [0, 0.1) is 5.92 Å². The van der Waals surface area contributed by atoms with Crippen LogP contribution in [-0.4, -0.2) is 41.7 Å². The number of carbonyl (C=O) groups is 1. The third-order valence-corrected chi connectivity index (χ3v) is 3.19. The van der Waals surface area contributed by atoms with Crippen LogP contribution in [0.1, 0.15) is 6.42 Å². The highest BCUT2D eigenvalue weighted by molar-refractivity contribution is 5.79. The number of carbonyl (C=O) groups excluding carboxylic acids is 1. The van der Waals surface area contributed by atoms with E-state index in [0.717, 1.165) is 5.75 Å². The molecule has 0 bridgehead atoms. The Balaban J connectivity index is 1.77. The Morgan fingerprint density at radius 1 is 1.47 bits per heavy atom. The number of β-amino-alcohol motifs (C(OH)–C–C–N with tert-alkyl or cyclic N) is 1. The molecule has 0 radical (unpaired) electrons. The van der Waals surface area contributed by atoms with Gasteiger partial charge in [-0.05, 0) is 12.1 Å². The lowest BCUT2D eigenvalue weighted by molar-refractivity contribution is -0.129. The van der Waals surface area contributed by atoms with Gasteiger partial charge in [-0.25, -0.2) is 0 Å². The van der Waals surface area contributed by atoms with Crippen LogP contribution in [0.2, 0.25) is 0 Å². The van der Waals surface area contributed by atoms with E-state index in [1.165, 1.54) is 0 Å². The van der Waals surface area contributed by atoms with Crippen LogP contribution < -0.4 is 4.74 Å². The molecule has 1 amide bonds. The van der Waals surface area contributed by atoms with Gasteiger partial charge < -0.3 is 14.7 Å². The molecule has 0 spiro atoms. The van der Waals surface area contributed by atoms with E-state index in [1.807, 2.05) is 30.3 Å². The van der Waals surface area contributed by atoms with Crippen molar-refractivity contribution in [1.29, 1.82) is 0 Å². The van der Waals surface area contributed by atoms with E-state index < -0.39 is 6.10 Å². The van der Waals surface area contributed by atoms with Crippen molar-refractivity contribution in [1.82, 2.24) is 4.90 Å². The summed E-state index contributed by atoms with van der Waals surface area (Å²) in [7, 11) is 0. The molecule has 4 nitrogen and oxygen atoms in total.